The number of hydrogen-bond donors (Lipinski definition) is 1. The molecule has 1 unspecified atom stereocenters. The van der Waals surface area contributed by atoms with Crippen LogP contribution in [0.4, 0.5) is 0 Å². The molecule has 0 spiro atoms. The van der Waals surface area contributed by atoms with Crippen molar-refractivity contribution in [2.45, 2.75) is 51.6 Å². The maximum atomic E-state index is 9.37. The van der Waals surface area contributed by atoms with Crippen molar-refractivity contribution in [2.24, 2.45) is 0 Å². The fourth-order valence-electron chi connectivity index (χ4n) is 1.16. The van der Waals surface area contributed by atoms with Gasteiger partial charge < -0.3 is 5.11 Å². The highest BCUT2D eigenvalue weighted by Crippen LogP contribution is 2.13. The first-order valence-corrected chi connectivity index (χ1v) is 5.06. The van der Waals surface area contributed by atoms with Crippen LogP contribution in [0.25, 0.3) is 0 Å². The summed E-state index contributed by atoms with van der Waals surface area (Å²) in [6.07, 6.45) is 5.90. The summed E-state index contributed by atoms with van der Waals surface area (Å²) in [6, 6.07) is 0. The van der Waals surface area contributed by atoms with Gasteiger partial charge in [0.15, 0.2) is 0 Å². The Morgan fingerprint density at radius 2 is 2.08 bits per heavy atom. The second kappa shape index (κ2) is 7.63. The standard InChI is InChI=1S/C10H19ClO/c1-3-4-5-6-7-10(12)8-9(2)11/h10,12H,2-8H2,1H3. The van der Waals surface area contributed by atoms with Crippen LogP contribution < -0.4 is 0 Å². The average Bonchev–Trinajstić information content (AvgIpc) is 1.97. The molecule has 0 aliphatic heterocycles. The summed E-state index contributed by atoms with van der Waals surface area (Å²) in [6.45, 7) is 5.72. The van der Waals surface area contributed by atoms with Crippen LogP contribution in [0.15, 0.2) is 11.6 Å². The quantitative estimate of drug-likeness (QED) is 0.610. The lowest BCUT2D eigenvalue weighted by molar-refractivity contribution is 0.163. The van der Waals surface area contributed by atoms with Crippen molar-refractivity contribution in [2.75, 3.05) is 0 Å². The SMILES string of the molecule is C=C(Cl)CC(O)CCCCCC. The van der Waals surface area contributed by atoms with E-state index >= 15 is 0 Å². The van der Waals surface area contributed by atoms with E-state index in [0.29, 0.717) is 11.5 Å². The Balaban J connectivity index is 3.19. The van der Waals surface area contributed by atoms with Gasteiger partial charge in [0, 0.05) is 11.5 Å². The Kier molecular flexibility index (Phi) is 7.62. The number of aliphatic hydroxyl groups is 1. The van der Waals surface area contributed by atoms with E-state index < -0.39 is 0 Å². The largest absolute Gasteiger partial charge is 0.393 e. The van der Waals surface area contributed by atoms with Gasteiger partial charge >= 0.3 is 0 Å². The van der Waals surface area contributed by atoms with E-state index in [4.69, 9.17) is 11.6 Å². The molecule has 0 aromatic rings. The lowest BCUT2D eigenvalue weighted by atomic mass is 10.1. The molecule has 0 amide bonds. The minimum Gasteiger partial charge on any atom is -0.393 e. The van der Waals surface area contributed by atoms with E-state index in [1.54, 1.807) is 0 Å². The van der Waals surface area contributed by atoms with Crippen molar-refractivity contribution in [1.82, 2.24) is 0 Å². The topological polar surface area (TPSA) is 20.2 Å². The van der Waals surface area contributed by atoms with Gasteiger partial charge in [-0.05, 0) is 6.42 Å². The minimum atomic E-state index is -0.285. The highest BCUT2D eigenvalue weighted by Gasteiger charge is 2.03. The highest BCUT2D eigenvalue weighted by atomic mass is 35.5. The Bertz CT molecular complexity index is 123. The molecule has 0 bridgehead atoms. The fourth-order valence-corrected chi connectivity index (χ4v) is 1.34. The molecule has 0 saturated heterocycles. The van der Waals surface area contributed by atoms with Crippen molar-refractivity contribution < 1.29 is 5.11 Å². The zero-order valence-electron chi connectivity index (χ0n) is 7.85. The molecule has 0 heterocycles. The van der Waals surface area contributed by atoms with Crippen molar-refractivity contribution in [3.8, 4) is 0 Å². The summed E-state index contributed by atoms with van der Waals surface area (Å²) >= 11 is 5.56. The number of rotatable bonds is 7. The molecule has 12 heavy (non-hydrogen) atoms. The summed E-state index contributed by atoms with van der Waals surface area (Å²) in [4.78, 5) is 0. The first-order valence-electron chi connectivity index (χ1n) is 4.68. The van der Waals surface area contributed by atoms with Crippen LogP contribution in [0.3, 0.4) is 0 Å². The number of aliphatic hydroxyl groups excluding tert-OH is 1. The highest BCUT2D eigenvalue weighted by molar-refractivity contribution is 6.29. The van der Waals surface area contributed by atoms with Crippen LogP contribution >= 0.6 is 11.6 Å². The maximum absolute atomic E-state index is 9.37. The lowest BCUT2D eigenvalue weighted by Gasteiger charge is -2.08. The first kappa shape index (κ1) is 12.0. The predicted molar refractivity (Wildman–Crippen MR) is 54.4 cm³/mol. The van der Waals surface area contributed by atoms with Gasteiger partial charge in [0.25, 0.3) is 0 Å². The molecule has 0 saturated carbocycles. The van der Waals surface area contributed by atoms with E-state index in [-0.39, 0.29) is 6.10 Å². The van der Waals surface area contributed by atoms with Gasteiger partial charge in [-0.2, -0.15) is 0 Å². The van der Waals surface area contributed by atoms with Gasteiger partial charge in [0.05, 0.1) is 6.10 Å². The van der Waals surface area contributed by atoms with Gasteiger partial charge in [-0.3, -0.25) is 0 Å². The van der Waals surface area contributed by atoms with Crippen LogP contribution in [-0.2, 0) is 0 Å². The van der Waals surface area contributed by atoms with Crippen molar-refractivity contribution >= 4 is 11.6 Å². The molecule has 1 atom stereocenters. The Labute approximate surface area is 80.4 Å². The van der Waals surface area contributed by atoms with Gasteiger partial charge in [0.1, 0.15) is 0 Å². The third-order valence-corrected chi connectivity index (χ3v) is 2.00. The summed E-state index contributed by atoms with van der Waals surface area (Å²) in [5.74, 6) is 0. The average molecular weight is 191 g/mol. The lowest BCUT2D eigenvalue weighted by Crippen LogP contribution is -2.05. The second-order valence-electron chi connectivity index (χ2n) is 3.22. The smallest absolute Gasteiger partial charge is 0.0589 e. The summed E-state index contributed by atoms with van der Waals surface area (Å²) < 4.78 is 0. The molecule has 0 aliphatic rings. The van der Waals surface area contributed by atoms with Crippen LogP contribution in [0, 0.1) is 0 Å². The molecule has 2 heteroatoms. The number of unbranched alkanes of at least 4 members (excludes halogenated alkanes) is 3. The maximum Gasteiger partial charge on any atom is 0.0589 e. The fraction of sp³-hybridized carbons (Fsp3) is 0.800. The molecule has 1 nitrogen and oxygen atoms in total. The predicted octanol–water partition coefficient (Wildman–Crippen LogP) is 3.46. The molecule has 1 N–H and O–H groups in total. The zero-order chi connectivity index (χ0) is 9.40. The summed E-state index contributed by atoms with van der Waals surface area (Å²) in [7, 11) is 0. The first-order chi connectivity index (χ1) is 5.66. The Morgan fingerprint density at radius 3 is 2.58 bits per heavy atom. The molecule has 0 rings (SSSR count). The van der Waals surface area contributed by atoms with E-state index in [2.05, 4.69) is 13.5 Å². The van der Waals surface area contributed by atoms with Crippen LogP contribution in [0.5, 0.6) is 0 Å². The zero-order valence-corrected chi connectivity index (χ0v) is 8.61. The van der Waals surface area contributed by atoms with Crippen molar-refractivity contribution in [1.29, 1.82) is 0 Å². The molecule has 0 aliphatic carbocycles. The Hall–Kier alpha value is -0.0100. The number of halogens is 1. The van der Waals surface area contributed by atoms with Gasteiger partial charge in [-0.1, -0.05) is 50.8 Å². The summed E-state index contributed by atoms with van der Waals surface area (Å²) in [5, 5.41) is 9.93. The molecule has 0 aromatic heterocycles. The van der Waals surface area contributed by atoms with Crippen LogP contribution in [0.2, 0.25) is 0 Å². The number of hydrogen-bond acceptors (Lipinski definition) is 1. The van der Waals surface area contributed by atoms with Gasteiger partial charge in [-0.15, -0.1) is 0 Å². The third-order valence-electron chi connectivity index (χ3n) is 1.85. The molecule has 0 radical (unpaired) electrons. The Morgan fingerprint density at radius 1 is 1.42 bits per heavy atom. The molecule has 0 aromatic carbocycles. The second-order valence-corrected chi connectivity index (χ2v) is 3.76. The minimum absolute atomic E-state index is 0.285. The monoisotopic (exact) mass is 190 g/mol. The van der Waals surface area contributed by atoms with E-state index in [1.807, 2.05) is 0 Å². The molecule has 0 fully saturated rings. The van der Waals surface area contributed by atoms with Crippen LogP contribution in [0.1, 0.15) is 45.4 Å². The molecule has 72 valence electrons. The van der Waals surface area contributed by atoms with Gasteiger partial charge in [-0.25, -0.2) is 0 Å². The van der Waals surface area contributed by atoms with Gasteiger partial charge in [0.2, 0.25) is 0 Å². The van der Waals surface area contributed by atoms with Crippen molar-refractivity contribution in [3.05, 3.63) is 11.6 Å². The molecular weight excluding hydrogens is 172 g/mol. The van der Waals surface area contributed by atoms with E-state index in [0.717, 1.165) is 12.8 Å². The van der Waals surface area contributed by atoms with Crippen LogP contribution in [-0.4, -0.2) is 11.2 Å². The third kappa shape index (κ3) is 8.09. The summed E-state index contributed by atoms with van der Waals surface area (Å²) in [5.41, 5.74) is 0. The van der Waals surface area contributed by atoms with E-state index in [1.165, 1.54) is 19.3 Å². The normalized spacial score (nSPS) is 12.9. The van der Waals surface area contributed by atoms with E-state index in [9.17, 15) is 5.11 Å². The van der Waals surface area contributed by atoms with Crippen molar-refractivity contribution in [3.63, 3.8) is 0 Å². The molecular formula is C10H19ClO.